The molecule has 144 valence electrons. The highest BCUT2D eigenvalue weighted by Crippen LogP contribution is 2.19. The molecule has 0 bridgehead atoms. The Labute approximate surface area is 158 Å². The number of piperazine rings is 1. The summed E-state index contributed by atoms with van der Waals surface area (Å²) < 4.78 is 7.61. The lowest BCUT2D eigenvalue weighted by Crippen LogP contribution is -2.54. The van der Waals surface area contributed by atoms with Gasteiger partial charge in [0.05, 0.1) is 0 Å². The normalized spacial score (nSPS) is 19.3. The maximum absolute atomic E-state index is 12.6. The molecule has 0 atom stereocenters. The largest absolute Gasteiger partial charge is 0.473 e. The third kappa shape index (κ3) is 4.19. The van der Waals surface area contributed by atoms with Crippen molar-refractivity contribution in [3.05, 3.63) is 30.6 Å². The summed E-state index contributed by atoms with van der Waals surface area (Å²) in [5, 5.41) is 12.4. The number of nitrogens with zero attached hydrogens (tertiary/aromatic N) is 7. The SMILES string of the molecule is CN1CCN(C(=O)N2CCC(Oc3ccc(-n4cccn4)nn3)CC2)CC1. The summed E-state index contributed by atoms with van der Waals surface area (Å²) in [6, 6.07) is 5.64. The smallest absolute Gasteiger partial charge is 0.320 e. The van der Waals surface area contributed by atoms with Gasteiger partial charge in [-0.3, -0.25) is 0 Å². The van der Waals surface area contributed by atoms with Crippen molar-refractivity contribution in [3.8, 4) is 11.7 Å². The molecule has 0 aliphatic carbocycles. The topological polar surface area (TPSA) is 79.6 Å². The van der Waals surface area contributed by atoms with Gasteiger partial charge in [-0.2, -0.15) is 5.10 Å². The second-order valence-corrected chi connectivity index (χ2v) is 7.06. The van der Waals surface area contributed by atoms with Gasteiger partial charge in [-0.15, -0.1) is 10.2 Å². The lowest BCUT2D eigenvalue weighted by atomic mass is 10.1. The monoisotopic (exact) mass is 371 g/mol. The first kappa shape index (κ1) is 17.7. The lowest BCUT2D eigenvalue weighted by Gasteiger charge is -2.38. The van der Waals surface area contributed by atoms with E-state index in [1.807, 2.05) is 34.2 Å². The molecule has 9 heteroatoms. The van der Waals surface area contributed by atoms with Crippen LogP contribution in [0.25, 0.3) is 5.82 Å². The molecule has 0 unspecified atom stereocenters. The Balaban J connectivity index is 1.26. The predicted octanol–water partition coefficient (Wildman–Crippen LogP) is 0.873. The minimum absolute atomic E-state index is 0.0615. The highest BCUT2D eigenvalue weighted by molar-refractivity contribution is 5.74. The molecule has 0 aromatic carbocycles. The van der Waals surface area contributed by atoms with Crippen LogP contribution in [0.5, 0.6) is 5.88 Å². The highest BCUT2D eigenvalue weighted by Gasteiger charge is 2.28. The Morgan fingerprint density at radius 1 is 1.04 bits per heavy atom. The van der Waals surface area contributed by atoms with Crippen molar-refractivity contribution in [1.29, 1.82) is 0 Å². The molecule has 2 aliphatic heterocycles. The molecule has 2 fully saturated rings. The molecule has 27 heavy (non-hydrogen) atoms. The number of hydrogen-bond donors (Lipinski definition) is 0. The fraction of sp³-hybridized carbons (Fsp3) is 0.556. The summed E-state index contributed by atoms with van der Waals surface area (Å²) in [6.45, 7) is 4.94. The van der Waals surface area contributed by atoms with Crippen LogP contribution in [-0.2, 0) is 0 Å². The Morgan fingerprint density at radius 3 is 2.41 bits per heavy atom. The first-order valence-corrected chi connectivity index (χ1v) is 9.42. The highest BCUT2D eigenvalue weighted by atomic mass is 16.5. The van der Waals surface area contributed by atoms with Gasteiger partial charge in [0.1, 0.15) is 6.10 Å². The van der Waals surface area contributed by atoms with Crippen molar-refractivity contribution in [1.82, 2.24) is 34.7 Å². The summed E-state index contributed by atoms with van der Waals surface area (Å²) in [5.41, 5.74) is 0. The zero-order chi connectivity index (χ0) is 18.6. The van der Waals surface area contributed by atoms with Crippen LogP contribution in [0.2, 0.25) is 0 Å². The number of likely N-dealkylation sites (N-methyl/N-ethyl adjacent to an activating group) is 1. The molecule has 2 aromatic rings. The first-order chi connectivity index (χ1) is 13.2. The number of amides is 2. The minimum atomic E-state index is 0.0615. The number of hydrogen-bond acceptors (Lipinski definition) is 6. The zero-order valence-electron chi connectivity index (χ0n) is 15.6. The number of rotatable bonds is 3. The average Bonchev–Trinajstić information content (AvgIpc) is 3.24. The van der Waals surface area contributed by atoms with Crippen molar-refractivity contribution in [2.75, 3.05) is 46.3 Å². The third-order valence-corrected chi connectivity index (χ3v) is 5.14. The number of carbonyl (C=O) groups is 1. The van der Waals surface area contributed by atoms with Gasteiger partial charge in [-0.05, 0) is 19.2 Å². The number of carbonyl (C=O) groups excluding carboxylic acids is 1. The number of ether oxygens (including phenoxy) is 1. The van der Waals surface area contributed by atoms with Crippen LogP contribution in [0.3, 0.4) is 0 Å². The molecular weight excluding hydrogens is 346 g/mol. The van der Waals surface area contributed by atoms with Crippen LogP contribution in [0.4, 0.5) is 4.79 Å². The fourth-order valence-electron chi connectivity index (χ4n) is 3.44. The lowest BCUT2D eigenvalue weighted by molar-refractivity contribution is 0.0817. The zero-order valence-corrected chi connectivity index (χ0v) is 15.6. The summed E-state index contributed by atoms with van der Waals surface area (Å²) in [6.07, 6.45) is 5.19. The van der Waals surface area contributed by atoms with Crippen LogP contribution in [0, 0.1) is 0 Å². The van der Waals surface area contributed by atoms with E-state index in [-0.39, 0.29) is 12.1 Å². The summed E-state index contributed by atoms with van der Waals surface area (Å²) in [7, 11) is 2.09. The van der Waals surface area contributed by atoms with Gasteiger partial charge in [-0.1, -0.05) is 0 Å². The molecule has 2 saturated heterocycles. The second kappa shape index (κ2) is 7.91. The first-order valence-electron chi connectivity index (χ1n) is 9.42. The minimum Gasteiger partial charge on any atom is -0.473 e. The maximum Gasteiger partial charge on any atom is 0.320 e. The molecule has 9 nitrogen and oxygen atoms in total. The van der Waals surface area contributed by atoms with Crippen LogP contribution < -0.4 is 4.74 Å². The van der Waals surface area contributed by atoms with Gasteiger partial charge in [0.15, 0.2) is 5.82 Å². The molecule has 4 heterocycles. The molecule has 4 rings (SSSR count). The van der Waals surface area contributed by atoms with Gasteiger partial charge in [-0.25, -0.2) is 9.48 Å². The quantitative estimate of drug-likeness (QED) is 0.797. The van der Waals surface area contributed by atoms with Crippen LogP contribution in [0.15, 0.2) is 30.6 Å². The van der Waals surface area contributed by atoms with Crippen molar-refractivity contribution in [3.63, 3.8) is 0 Å². The molecule has 2 amide bonds. The predicted molar refractivity (Wildman–Crippen MR) is 98.8 cm³/mol. The standard InChI is InChI=1S/C18H25N7O2/c1-22-11-13-24(14-12-22)18(26)23-9-5-15(6-10-23)27-17-4-3-16(20-21-17)25-8-2-7-19-25/h2-4,7-8,15H,5-6,9-14H2,1H3. The van der Waals surface area contributed by atoms with Gasteiger partial charge >= 0.3 is 6.03 Å². The number of piperidine rings is 1. The maximum atomic E-state index is 12.6. The Morgan fingerprint density at radius 2 is 1.78 bits per heavy atom. The van der Waals surface area contributed by atoms with Gasteiger partial charge in [0.25, 0.3) is 0 Å². The van der Waals surface area contributed by atoms with E-state index in [2.05, 4.69) is 27.2 Å². The molecular formula is C18H25N7O2. The second-order valence-electron chi connectivity index (χ2n) is 7.06. The van der Waals surface area contributed by atoms with Gasteiger partial charge in [0.2, 0.25) is 5.88 Å². The van der Waals surface area contributed by atoms with E-state index in [9.17, 15) is 4.79 Å². The Hall–Kier alpha value is -2.68. The summed E-state index contributed by atoms with van der Waals surface area (Å²) >= 11 is 0. The van der Waals surface area contributed by atoms with E-state index in [0.717, 1.165) is 39.0 Å². The summed E-state index contributed by atoms with van der Waals surface area (Å²) in [4.78, 5) is 18.8. The molecule has 0 spiro atoms. The van der Waals surface area contributed by atoms with Gasteiger partial charge < -0.3 is 19.4 Å². The van der Waals surface area contributed by atoms with Crippen LogP contribution in [0.1, 0.15) is 12.8 Å². The molecule has 0 radical (unpaired) electrons. The summed E-state index contributed by atoms with van der Waals surface area (Å²) in [5.74, 6) is 1.16. The van der Waals surface area contributed by atoms with E-state index in [0.29, 0.717) is 24.8 Å². The number of likely N-dealkylation sites (tertiary alicyclic amines) is 1. The average molecular weight is 371 g/mol. The molecule has 2 aromatic heterocycles. The van der Waals surface area contributed by atoms with Crippen molar-refractivity contribution < 1.29 is 9.53 Å². The van der Waals surface area contributed by atoms with Crippen molar-refractivity contribution in [2.45, 2.75) is 18.9 Å². The van der Waals surface area contributed by atoms with E-state index in [4.69, 9.17) is 4.74 Å². The van der Waals surface area contributed by atoms with Crippen molar-refractivity contribution in [2.24, 2.45) is 0 Å². The van der Waals surface area contributed by atoms with Crippen LogP contribution in [-0.4, -0.2) is 93.1 Å². The molecule has 0 N–H and O–H groups in total. The van der Waals surface area contributed by atoms with Crippen molar-refractivity contribution >= 4 is 6.03 Å². The Kier molecular flexibility index (Phi) is 5.19. The van der Waals surface area contributed by atoms with E-state index in [1.54, 1.807) is 10.9 Å². The van der Waals surface area contributed by atoms with E-state index < -0.39 is 0 Å². The van der Waals surface area contributed by atoms with E-state index in [1.165, 1.54) is 0 Å². The number of urea groups is 1. The molecule has 0 saturated carbocycles. The third-order valence-electron chi connectivity index (χ3n) is 5.14. The van der Waals surface area contributed by atoms with Crippen LogP contribution >= 0.6 is 0 Å². The molecule has 2 aliphatic rings. The van der Waals surface area contributed by atoms with Gasteiger partial charge in [0, 0.05) is 70.6 Å². The Bertz CT molecular complexity index is 734. The van der Waals surface area contributed by atoms with E-state index >= 15 is 0 Å². The fourth-order valence-corrected chi connectivity index (χ4v) is 3.44. The number of aromatic nitrogens is 4.